The van der Waals surface area contributed by atoms with Crippen LogP contribution in [0.1, 0.15) is 23.2 Å². The van der Waals surface area contributed by atoms with Crippen LogP contribution in [0.25, 0.3) is 0 Å². The third kappa shape index (κ3) is 1.77. The first-order valence-corrected chi connectivity index (χ1v) is 6.23. The van der Waals surface area contributed by atoms with Crippen molar-refractivity contribution in [1.82, 2.24) is 0 Å². The van der Waals surface area contributed by atoms with Gasteiger partial charge in [-0.25, -0.2) is 0 Å². The second-order valence-electron chi connectivity index (χ2n) is 4.93. The van der Waals surface area contributed by atoms with Crippen molar-refractivity contribution >= 4 is 11.8 Å². The number of rotatable bonds is 1. The van der Waals surface area contributed by atoms with Crippen LogP contribution in [0.4, 0.5) is 0 Å². The molecule has 0 amide bonds. The minimum Gasteiger partial charge on any atom is -0.508 e. The Balaban J connectivity index is 1.99. The second kappa shape index (κ2) is 4.26. The molecular formula is C14H14O5. The van der Waals surface area contributed by atoms with Gasteiger partial charge in [0.1, 0.15) is 17.6 Å². The molecule has 19 heavy (non-hydrogen) atoms. The van der Waals surface area contributed by atoms with Crippen LogP contribution in [0.3, 0.4) is 0 Å². The molecule has 1 aromatic carbocycles. The van der Waals surface area contributed by atoms with Gasteiger partial charge in [-0.2, -0.15) is 0 Å². The van der Waals surface area contributed by atoms with Gasteiger partial charge in [0, 0.05) is 0 Å². The maximum atomic E-state index is 12.5. The number of hydrogen-bond donors (Lipinski definition) is 1. The Kier molecular flexibility index (Phi) is 2.69. The van der Waals surface area contributed by atoms with Gasteiger partial charge in [-0.05, 0) is 31.0 Å². The molecule has 3 unspecified atom stereocenters. The fourth-order valence-electron chi connectivity index (χ4n) is 3.02. The quantitative estimate of drug-likeness (QED) is 0.777. The van der Waals surface area contributed by atoms with E-state index in [2.05, 4.69) is 0 Å². The molecule has 1 aliphatic carbocycles. The van der Waals surface area contributed by atoms with Crippen LogP contribution in [0.15, 0.2) is 18.2 Å². The first kappa shape index (κ1) is 12.0. The van der Waals surface area contributed by atoms with E-state index < -0.39 is 11.8 Å². The fraction of sp³-hybridized carbons (Fsp3) is 0.429. The van der Waals surface area contributed by atoms with E-state index in [1.54, 1.807) is 6.07 Å². The molecule has 0 aromatic heterocycles. The summed E-state index contributed by atoms with van der Waals surface area (Å²) in [6.07, 6.45) is 0.984. The highest BCUT2D eigenvalue weighted by Crippen LogP contribution is 2.43. The average Bonchev–Trinajstić information content (AvgIpc) is 2.83. The van der Waals surface area contributed by atoms with E-state index in [1.807, 2.05) is 0 Å². The molecule has 0 radical (unpaired) electrons. The monoisotopic (exact) mass is 262 g/mol. The minimum absolute atomic E-state index is 0.0155. The number of carbonyl (C=O) groups is 2. The molecule has 3 rings (SSSR count). The molecular weight excluding hydrogens is 248 g/mol. The summed E-state index contributed by atoms with van der Waals surface area (Å²) in [7, 11) is 1.32. The summed E-state index contributed by atoms with van der Waals surface area (Å²) in [5, 5.41) is 9.47. The summed E-state index contributed by atoms with van der Waals surface area (Å²) < 4.78 is 10.5. The predicted molar refractivity (Wildman–Crippen MR) is 65.1 cm³/mol. The highest BCUT2D eigenvalue weighted by atomic mass is 16.5. The normalized spacial score (nSPS) is 28.3. The molecule has 2 aliphatic rings. The molecule has 5 nitrogen and oxygen atoms in total. The molecule has 1 fully saturated rings. The number of Topliss-reactive ketones (excluding diaryl/α,β-unsaturated/α-hetero) is 1. The number of esters is 1. The maximum Gasteiger partial charge on any atom is 0.309 e. The zero-order chi connectivity index (χ0) is 13.6. The molecule has 3 atom stereocenters. The van der Waals surface area contributed by atoms with Crippen molar-refractivity contribution in [2.24, 2.45) is 11.8 Å². The molecule has 0 spiro atoms. The van der Waals surface area contributed by atoms with Crippen molar-refractivity contribution in [3.63, 3.8) is 0 Å². The Labute approximate surface area is 110 Å². The lowest BCUT2D eigenvalue weighted by atomic mass is 9.85. The zero-order valence-corrected chi connectivity index (χ0v) is 10.5. The van der Waals surface area contributed by atoms with Gasteiger partial charge in [0.15, 0.2) is 5.78 Å². The summed E-state index contributed by atoms with van der Waals surface area (Å²) in [6, 6.07) is 4.46. The van der Waals surface area contributed by atoms with Gasteiger partial charge in [0.2, 0.25) is 0 Å². The predicted octanol–water partition coefficient (Wildman–Crippen LogP) is 1.54. The Morgan fingerprint density at radius 1 is 1.42 bits per heavy atom. The molecule has 0 bridgehead atoms. The lowest BCUT2D eigenvalue weighted by Gasteiger charge is -2.29. The summed E-state index contributed by atoms with van der Waals surface area (Å²) in [6.45, 7) is 0. The molecule has 1 aliphatic heterocycles. The number of methoxy groups -OCH3 is 1. The molecule has 1 aromatic rings. The van der Waals surface area contributed by atoms with E-state index in [1.165, 1.54) is 19.2 Å². The first-order valence-electron chi connectivity index (χ1n) is 6.23. The number of phenols is 1. The highest BCUT2D eigenvalue weighted by molar-refractivity contribution is 6.04. The van der Waals surface area contributed by atoms with E-state index in [9.17, 15) is 14.7 Å². The number of aromatic hydroxyl groups is 1. The SMILES string of the molecule is COC(=O)C1CCC2Oc3ccc(O)cc3C(=O)C21. The molecule has 0 saturated heterocycles. The second-order valence-corrected chi connectivity index (χ2v) is 4.93. The van der Waals surface area contributed by atoms with E-state index in [4.69, 9.17) is 9.47 Å². The van der Waals surface area contributed by atoms with Gasteiger partial charge in [0.05, 0.1) is 24.5 Å². The number of phenolic OH excluding ortho intramolecular Hbond substituents is 1. The average molecular weight is 262 g/mol. The number of ether oxygens (including phenoxy) is 2. The highest BCUT2D eigenvalue weighted by Gasteiger charge is 2.49. The third-order valence-electron chi connectivity index (χ3n) is 3.91. The largest absolute Gasteiger partial charge is 0.508 e. The van der Waals surface area contributed by atoms with Crippen LogP contribution in [-0.4, -0.2) is 30.1 Å². The molecule has 1 saturated carbocycles. The van der Waals surface area contributed by atoms with Crippen molar-refractivity contribution in [2.75, 3.05) is 7.11 Å². The lowest BCUT2D eigenvalue weighted by Crippen LogP contribution is -2.39. The third-order valence-corrected chi connectivity index (χ3v) is 3.91. The topological polar surface area (TPSA) is 72.8 Å². The standard InChI is InChI=1S/C14H14O5/c1-18-14(17)8-3-5-11-12(8)13(16)9-6-7(15)2-4-10(9)19-11/h2,4,6,8,11-12,15H,3,5H2,1H3. The van der Waals surface area contributed by atoms with E-state index in [0.717, 1.165) is 0 Å². The maximum absolute atomic E-state index is 12.5. The number of hydrogen-bond acceptors (Lipinski definition) is 5. The zero-order valence-electron chi connectivity index (χ0n) is 10.5. The van der Waals surface area contributed by atoms with Crippen LogP contribution >= 0.6 is 0 Å². The van der Waals surface area contributed by atoms with Gasteiger partial charge in [-0.15, -0.1) is 0 Å². The molecule has 100 valence electrons. The van der Waals surface area contributed by atoms with Crippen LogP contribution in [0.2, 0.25) is 0 Å². The van der Waals surface area contributed by atoms with Gasteiger partial charge >= 0.3 is 5.97 Å². The van der Waals surface area contributed by atoms with Gasteiger partial charge < -0.3 is 14.6 Å². The van der Waals surface area contributed by atoms with E-state index in [0.29, 0.717) is 24.2 Å². The summed E-state index contributed by atoms with van der Waals surface area (Å²) in [4.78, 5) is 24.2. The number of ketones is 1. The lowest BCUT2D eigenvalue weighted by molar-refractivity contribution is -0.146. The molecule has 1 N–H and O–H groups in total. The first-order chi connectivity index (χ1) is 9.11. The van der Waals surface area contributed by atoms with Crippen LogP contribution in [0.5, 0.6) is 11.5 Å². The number of carbonyl (C=O) groups excluding carboxylic acids is 2. The van der Waals surface area contributed by atoms with Gasteiger partial charge in [-0.1, -0.05) is 0 Å². The Hall–Kier alpha value is -2.04. The van der Waals surface area contributed by atoms with E-state index >= 15 is 0 Å². The number of fused-ring (bicyclic) bond motifs is 2. The molecule has 5 heteroatoms. The Morgan fingerprint density at radius 2 is 2.21 bits per heavy atom. The fourth-order valence-corrected chi connectivity index (χ4v) is 3.02. The summed E-state index contributed by atoms with van der Waals surface area (Å²) in [5.41, 5.74) is 0.344. The van der Waals surface area contributed by atoms with Crippen molar-refractivity contribution in [1.29, 1.82) is 0 Å². The smallest absolute Gasteiger partial charge is 0.309 e. The number of benzene rings is 1. The van der Waals surface area contributed by atoms with Gasteiger partial charge in [0.25, 0.3) is 0 Å². The van der Waals surface area contributed by atoms with Crippen LogP contribution < -0.4 is 4.74 Å². The van der Waals surface area contributed by atoms with Crippen LogP contribution in [0, 0.1) is 11.8 Å². The Bertz CT molecular complexity index is 551. The minimum atomic E-state index is -0.498. The van der Waals surface area contributed by atoms with Gasteiger partial charge in [-0.3, -0.25) is 9.59 Å². The molecule has 1 heterocycles. The van der Waals surface area contributed by atoms with Crippen molar-refractivity contribution in [2.45, 2.75) is 18.9 Å². The van der Waals surface area contributed by atoms with Crippen molar-refractivity contribution in [3.8, 4) is 11.5 Å². The van der Waals surface area contributed by atoms with E-state index in [-0.39, 0.29) is 23.6 Å². The summed E-state index contributed by atoms with van der Waals surface area (Å²) >= 11 is 0. The summed E-state index contributed by atoms with van der Waals surface area (Å²) in [5.74, 6) is -0.959. The van der Waals surface area contributed by atoms with Crippen molar-refractivity contribution < 1.29 is 24.2 Å². The Morgan fingerprint density at radius 3 is 2.95 bits per heavy atom. The van der Waals surface area contributed by atoms with Crippen molar-refractivity contribution in [3.05, 3.63) is 23.8 Å². The van der Waals surface area contributed by atoms with Crippen LogP contribution in [-0.2, 0) is 9.53 Å².